The fourth-order valence-electron chi connectivity index (χ4n) is 4.31. The van der Waals surface area contributed by atoms with Gasteiger partial charge in [-0.25, -0.2) is 4.85 Å². The van der Waals surface area contributed by atoms with Crippen molar-refractivity contribution in [2.24, 2.45) is 0 Å². The SMILES string of the molecule is [C-]#[N+]c1ccc(-c2ccc(P(=O)(c3ccccc3)c3ccc(-c4cccc(C#N)c4)cc3)cc2)cc1. The van der Waals surface area contributed by atoms with Gasteiger partial charge < -0.3 is 4.57 Å². The molecule has 36 heavy (non-hydrogen) atoms. The van der Waals surface area contributed by atoms with E-state index >= 15 is 0 Å². The molecule has 0 fully saturated rings. The van der Waals surface area contributed by atoms with Crippen LogP contribution >= 0.6 is 7.14 Å². The summed E-state index contributed by atoms with van der Waals surface area (Å²) in [5.41, 5.74) is 5.13. The van der Waals surface area contributed by atoms with Gasteiger partial charge in [-0.3, -0.25) is 0 Å². The first-order valence-electron chi connectivity index (χ1n) is 11.5. The van der Waals surface area contributed by atoms with E-state index in [0.29, 0.717) is 11.3 Å². The molecule has 4 heteroatoms. The van der Waals surface area contributed by atoms with Crippen molar-refractivity contribution >= 4 is 28.7 Å². The average molecular weight is 481 g/mol. The van der Waals surface area contributed by atoms with Crippen LogP contribution < -0.4 is 15.9 Å². The van der Waals surface area contributed by atoms with Gasteiger partial charge in [0.15, 0.2) is 12.8 Å². The number of nitrogens with zero attached hydrogens (tertiary/aromatic N) is 2. The first kappa shape index (κ1) is 23.1. The predicted octanol–water partition coefficient (Wildman–Crippen LogP) is 7.08. The van der Waals surface area contributed by atoms with Crippen molar-refractivity contribution in [3.63, 3.8) is 0 Å². The molecular weight excluding hydrogens is 459 g/mol. The lowest BCUT2D eigenvalue weighted by atomic mass is 10.0. The monoisotopic (exact) mass is 480 g/mol. The minimum Gasteiger partial charge on any atom is -0.309 e. The smallest absolute Gasteiger partial charge is 0.187 e. The molecular formula is C32H21N2OP. The maximum absolute atomic E-state index is 14.8. The Bertz CT molecular complexity index is 1640. The molecule has 0 N–H and O–H groups in total. The number of benzene rings is 5. The van der Waals surface area contributed by atoms with E-state index in [9.17, 15) is 9.83 Å². The summed E-state index contributed by atoms with van der Waals surface area (Å²) < 4.78 is 14.8. The molecule has 1 atom stereocenters. The Kier molecular flexibility index (Phi) is 6.34. The summed E-state index contributed by atoms with van der Waals surface area (Å²) in [5, 5.41) is 11.5. The Morgan fingerprint density at radius 1 is 0.583 bits per heavy atom. The van der Waals surface area contributed by atoms with Crippen molar-refractivity contribution in [1.82, 2.24) is 0 Å². The van der Waals surface area contributed by atoms with Crippen molar-refractivity contribution in [1.29, 1.82) is 5.26 Å². The van der Waals surface area contributed by atoms with E-state index in [1.54, 1.807) is 18.2 Å². The second kappa shape index (κ2) is 9.89. The third kappa shape index (κ3) is 4.37. The Hall–Kier alpha value is -4.69. The third-order valence-electron chi connectivity index (χ3n) is 6.24. The summed E-state index contributed by atoms with van der Waals surface area (Å²) in [6.07, 6.45) is 0. The van der Waals surface area contributed by atoms with Crippen LogP contribution in [0.15, 0.2) is 127 Å². The van der Waals surface area contributed by atoms with Crippen molar-refractivity contribution in [3.8, 4) is 28.3 Å². The van der Waals surface area contributed by atoms with Crippen LogP contribution in [0.2, 0.25) is 0 Å². The normalized spacial score (nSPS) is 12.2. The van der Waals surface area contributed by atoms with Crippen LogP contribution in [-0.4, -0.2) is 0 Å². The van der Waals surface area contributed by atoms with Crippen LogP contribution in [0.3, 0.4) is 0 Å². The maximum Gasteiger partial charge on any atom is 0.187 e. The molecule has 0 aliphatic carbocycles. The lowest BCUT2D eigenvalue weighted by Crippen LogP contribution is -2.24. The summed E-state index contributed by atoms with van der Waals surface area (Å²) in [4.78, 5) is 3.45. The van der Waals surface area contributed by atoms with E-state index in [1.807, 2.05) is 109 Å². The number of hydrogen-bond acceptors (Lipinski definition) is 2. The average Bonchev–Trinajstić information content (AvgIpc) is 2.97. The lowest BCUT2D eigenvalue weighted by molar-refractivity contribution is 0.592. The molecule has 0 spiro atoms. The van der Waals surface area contributed by atoms with Crippen LogP contribution in [0, 0.1) is 17.9 Å². The molecule has 170 valence electrons. The van der Waals surface area contributed by atoms with Crippen LogP contribution in [0.25, 0.3) is 27.1 Å². The highest BCUT2D eigenvalue weighted by atomic mass is 31.2. The lowest BCUT2D eigenvalue weighted by Gasteiger charge is -2.21. The Labute approximate surface area is 211 Å². The summed E-state index contributed by atoms with van der Waals surface area (Å²) in [6, 6.07) is 42.4. The van der Waals surface area contributed by atoms with Crippen LogP contribution in [0.4, 0.5) is 5.69 Å². The van der Waals surface area contributed by atoms with Crippen molar-refractivity contribution in [2.75, 3.05) is 0 Å². The molecule has 3 nitrogen and oxygen atoms in total. The standard InChI is InChI=1S/C32H21N2OP/c1-34-29-16-10-25(11-17-29)26-12-18-31(19-13-26)36(35,30-8-3-2-4-9-30)32-20-14-27(15-21-32)28-7-5-6-24(22-28)23-33/h2-22H. The minimum absolute atomic E-state index is 0.603. The molecule has 5 aromatic rings. The molecule has 1 unspecified atom stereocenters. The minimum atomic E-state index is -3.12. The van der Waals surface area contributed by atoms with Gasteiger partial charge in [-0.1, -0.05) is 115 Å². The zero-order valence-electron chi connectivity index (χ0n) is 19.4. The van der Waals surface area contributed by atoms with Crippen LogP contribution in [0.5, 0.6) is 0 Å². The van der Waals surface area contributed by atoms with Crippen molar-refractivity contribution in [2.45, 2.75) is 0 Å². The number of nitriles is 1. The summed E-state index contributed by atoms with van der Waals surface area (Å²) >= 11 is 0. The zero-order chi connectivity index (χ0) is 25.0. The molecule has 0 amide bonds. The van der Waals surface area contributed by atoms with Gasteiger partial charge in [0, 0.05) is 15.9 Å². The molecule has 0 saturated heterocycles. The Balaban J connectivity index is 1.56. The molecule has 0 radical (unpaired) electrons. The highest BCUT2D eigenvalue weighted by Crippen LogP contribution is 2.43. The molecule has 5 aromatic carbocycles. The van der Waals surface area contributed by atoms with Gasteiger partial charge in [0.2, 0.25) is 0 Å². The summed E-state index contributed by atoms with van der Waals surface area (Å²) in [6.45, 7) is 7.14. The summed E-state index contributed by atoms with van der Waals surface area (Å²) in [7, 11) is -3.12. The first-order valence-corrected chi connectivity index (χ1v) is 13.2. The van der Waals surface area contributed by atoms with Crippen LogP contribution in [-0.2, 0) is 4.57 Å². The second-order valence-corrected chi connectivity index (χ2v) is 11.2. The first-order chi connectivity index (χ1) is 17.6. The molecule has 5 rings (SSSR count). The Morgan fingerprint density at radius 2 is 1.08 bits per heavy atom. The van der Waals surface area contributed by atoms with Gasteiger partial charge in [-0.15, -0.1) is 0 Å². The highest BCUT2D eigenvalue weighted by molar-refractivity contribution is 7.85. The van der Waals surface area contributed by atoms with Crippen molar-refractivity contribution in [3.05, 3.63) is 144 Å². The van der Waals surface area contributed by atoms with E-state index < -0.39 is 7.14 Å². The van der Waals surface area contributed by atoms with Gasteiger partial charge >= 0.3 is 0 Å². The third-order valence-corrected chi connectivity index (χ3v) is 9.31. The topological polar surface area (TPSA) is 45.2 Å². The molecule has 0 aromatic heterocycles. The predicted molar refractivity (Wildman–Crippen MR) is 148 cm³/mol. The highest BCUT2D eigenvalue weighted by Gasteiger charge is 2.29. The van der Waals surface area contributed by atoms with E-state index in [4.69, 9.17) is 6.57 Å². The summed E-state index contributed by atoms with van der Waals surface area (Å²) in [5.74, 6) is 0. The van der Waals surface area contributed by atoms with Gasteiger partial charge in [0.1, 0.15) is 0 Å². The largest absolute Gasteiger partial charge is 0.309 e. The van der Waals surface area contributed by atoms with E-state index in [2.05, 4.69) is 10.9 Å². The van der Waals surface area contributed by atoms with Gasteiger partial charge in [-0.05, 0) is 34.4 Å². The molecule has 0 heterocycles. The molecule has 0 bridgehead atoms. The van der Waals surface area contributed by atoms with Crippen LogP contribution in [0.1, 0.15) is 5.56 Å². The fraction of sp³-hybridized carbons (Fsp3) is 0. The number of hydrogen-bond donors (Lipinski definition) is 0. The van der Waals surface area contributed by atoms with Gasteiger partial charge in [0.25, 0.3) is 0 Å². The van der Waals surface area contributed by atoms with E-state index in [0.717, 1.165) is 38.2 Å². The molecule has 0 aliphatic rings. The molecule has 0 aliphatic heterocycles. The second-order valence-electron chi connectivity index (χ2n) is 8.39. The fourth-order valence-corrected chi connectivity index (χ4v) is 6.93. The number of rotatable bonds is 5. The maximum atomic E-state index is 14.8. The zero-order valence-corrected chi connectivity index (χ0v) is 20.3. The van der Waals surface area contributed by atoms with E-state index in [-0.39, 0.29) is 0 Å². The quantitative estimate of drug-likeness (QED) is 0.199. The van der Waals surface area contributed by atoms with Crippen molar-refractivity contribution < 1.29 is 4.57 Å². The Morgan fingerprint density at radius 3 is 1.61 bits per heavy atom. The van der Waals surface area contributed by atoms with Gasteiger partial charge in [-0.2, -0.15) is 5.26 Å². The van der Waals surface area contributed by atoms with E-state index in [1.165, 1.54) is 0 Å². The van der Waals surface area contributed by atoms with Gasteiger partial charge in [0.05, 0.1) is 18.2 Å². The molecule has 0 saturated carbocycles.